The van der Waals surface area contributed by atoms with Crippen LogP contribution in [0.4, 0.5) is 0 Å². The van der Waals surface area contributed by atoms with E-state index in [1.54, 1.807) is 0 Å². The topological polar surface area (TPSA) is 26.5 Å². The standard InChI is InChI=1S/C12H16N2O/c1-2-3-6-9-15-12-10-14-8-5-4-7-11(14)13-12/h4-5,7-8,10H,2-3,6,9H2,1H3. The zero-order valence-corrected chi connectivity index (χ0v) is 9.02. The largest absolute Gasteiger partial charge is 0.477 e. The Morgan fingerprint density at radius 3 is 3.07 bits per heavy atom. The van der Waals surface area contributed by atoms with Crippen molar-refractivity contribution in [3.05, 3.63) is 30.6 Å². The zero-order chi connectivity index (χ0) is 10.5. The number of rotatable bonds is 5. The molecule has 0 fully saturated rings. The Kier molecular flexibility index (Phi) is 3.22. The molecule has 2 heterocycles. The molecule has 0 radical (unpaired) electrons. The van der Waals surface area contributed by atoms with E-state index in [0.29, 0.717) is 0 Å². The summed E-state index contributed by atoms with van der Waals surface area (Å²) in [4.78, 5) is 4.35. The van der Waals surface area contributed by atoms with Gasteiger partial charge >= 0.3 is 0 Å². The lowest BCUT2D eigenvalue weighted by molar-refractivity contribution is 0.296. The summed E-state index contributed by atoms with van der Waals surface area (Å²) in [5.74, 6) is 0.720. The third kappa shape index (κ3) is 2.49. The quantitative estimate of drug-likeness (QED) is 0.700. The molecule has 0 bridgehead atoms. The third-order valence-electron chi connectivity index (χ3n) is 2.34. The highest BCUT2D eigenvalue weighted by molar-refractivity contribution is 5.40. The molecule has 2 aromatic rings. The molecule has 0 saturated carbocycles. The summed E-state index contributed by atoms with van der Waals surface area (Å²) >= 11 is 0. The summed E-state index contributed by atoms with van der Waals surface area (Å²) in [5.41, 5.74) is 0.933. The molecule has 0 aliphatic heterocycles. The average molecular weight is 204 g/mol. The highest BCUT2D eigenvalue weighted by Crippen LogP contribution is 2.11. The van der Waals surface area contributed by atoms with Crippen LogP contribution in [0.25, 0.3) is 5.65 Å². The van der Waals surface area contributed by atoms with Gasteiger partial charge in [-0.2, -0.15) is 4.98 Å². The summed E-state index contributed by atoms with van der Waals surface area (Å²) in [7, 11) is 0. The first-order valence-electron chi connectivity index (χ1n) is 5.46. The Bertz CT molecular complexity index is 389. The smallest absolute Gasteiger partial charge is 0.232 e. The highest BCUT2D eigenvalue weighted by atomic mass is 16.5. The predicted octanol–water partition coefficient (Wildman–Crippen LogP) is 2.90. The van der Waals surface area contributed by atoms with E-state index in [1.807, 2.05) is 35.0 Å². The van der Waals surface area contributed by atoms with Crippen molar-refractivity contribution in [2.24, 2.45) is 0 Å². The van der Waals surface area contributed by atoms with Gasteiger partial charge in [-0.25, -0.2) is 0 Å². The molecular formula is C12H16N2O. The van der Waals surface area contributed by atoms with Gasteiger partial charge in [0.15, 0.2) is 0 Å². The van der Waals surface area contributed by atoms with E-state index in [9.17, 15) is 0 Å². The SMILES string of the molecule is CCCCCOc1cn2ccccc2n1. The van der Waals surface area contributed by atoms with E-state index in [0.717, 1.165) is 24.6 Å². The minimum atomic E-state index is 0.720. The number of ether oxygens (including phenoxy) is 1. The minimum absolute atomic E-state index is 0.720. The number of fused-ring (bicyclic) bond motifs is 1. The molecular weight excluding hydrogens is 188 g/mol. The number of hydrogen-bond acceptors (Lipinski definition) is 2. The molecule has 0 spiro atoms. The Morgan fingerprint density at radius 2 is 2.27 bits per heavy atom. The number of aromatic nitrogens is 2. The van der Waals surface area contributed by atoms with Gasteiger partial charge in [0.1, 0.15) is 5.65 Å². The lowest BCUT2D eigenvalue weighted by atomic mass is 10.3. The van der Waals surface area contributed by atoms with Gasteiger partial charge in [-0.15, -0.1) is 0 Å². The van der Waals surface area contributed by atoms with Crippen molar-refractivity contribution in [2.45, 2.75) is 26.2 Å². The maximum absolute atomic E-state index is 5.56. The second-order valence-corrected chi connectivity index (χ2v) is 3.60. The van der Waals surface area contributed by atoms with Crippen LogP contribution < -0.4 is 4.74 Å². The number of unbranched alkanes of at least 4 members (excludes halogenated alkanes) is 2. The molecule has 0 aliphatic carbocycles. The molecule has 80 valence electrons. The first-order chi connectivity index (χ1) is 7.40. The van der Waals surface area contributed by atoms with Gasteiger partial charge in [-0.3, -0.25) is 0 Å². The van der Waals surface area contributed by atoms with Crippen LogP contribution in [0.2, 0.25) is 0 Å². The molecule has 0 N–H and O–H groups in total. The van der Waals surface area contributed by atoms with Crippen LogP contribution in [-0.2, 0) is 0 Å². The van der Waals surface area contributed by atoms with Gasteiger partial charge in [0.05, 0.1) is 12.8 Å². The molecule has 2 rings (SSSR count). The fourth-order valence-electron chi connectivity index (χ4n) is 1.51. The summed E-state index contributed by atoms with van der Waals surface area (Å²) in [5, 5.41) is 0. The van der Waals surface area contributed by atoms with Gasteiger partial charge in [0, 0.05) is 6.20 Å². The van der Waals surface area contributed by atoms with Crippen molar-refractivity contribution >= 4 is 5.65 Å². The highest BCUT2D eigenvalue weighted by Gasteiger charge is 2.00. The van der Waals surface area contributed by atoms with Crippen molar-refractivity contribution in [3.63, 3.8) is 0 Å². The second-order valence-electron chi connectivity index (χ2n) is 3.60. The van der Waals surface area contributed by atoms with E-state index in [4.69, 9.17) is 4.74 Å². The van der Waals surface area contributed by atoms with Crippen molar-refractivity contribution < 1.29 is 4.74 Å². The average Bonchev–Trinajstić information content (AvgIpc) is 2.67. The molecule has 0 aromatic carbocycles. The molecule has 3 nitrogen and oxygen atoms in total. The zero-order valence-electron chi connectivity index (χ0n) is 9.02. The lowest BCUT2D eigenvalue weighted by Crippen LogP contribution is -1.96. The lowest BCUT2D eigenvalue weighted by Gasteiger charge is -1.99. The van der Waals surface area contributed by atoms with Crippen LogP contribution in [0.1, 0.15) is 26.2 Å². The fraction of sp³-hybridized carbons (Fsp3) is 0.417. The molecule has 3 heteroatoms. The molecule has 0 amide bonds. The second kappa shape index (κ2) is 4.82. The number of pyridine rings is 1. The minimum Gasteiger partial charge on any atom is -0.477 e. The predicted molar refractivity (Wildman–Crippen MR) is 60.2 cm³/mol. The van der Waals surface area contributed by atoms with Crippen LogP contribution in [0.5, 0.6) is 5.88 Å². The third-order valence-corrected chi connectivity index (χ3v) is 2.34. The molecule has 0 unspecified atom stereocenters. The van der Waals surface area contributed by atoms with Crippen molar-refractivity contribution in [3.8, 4) is 5.88 Å². The maximum atomic E-state index is 5.56. The van der Waals surface area contributed by atoms with Crippen LogP contribution in [0, 0.1) is 0 Å². The summed E-state index contributed by atoms with van der Waals surface area (Å²) in [6.45, 7) is 2.95. The Balaban J connectivity index is 1.97. The van der Waals surface area contributed by atoms with E-state index < -0.39 is 0 Å². The van der Waals surface area contributed by atoms with Crippen LogP contribution in [0.3, 0.4) is 0 Å². The fourth-order valence-corrected chi connectivity index (χ4v) is 1.51. The van der Waals surface area contributed by atoms with Crippen LogP contribution >= 0.6 is 0 Å². The Hall–Kier alpha value is -1.51. The van der Waals surface area contributed by atoms with E-state index >= 15 is 0 Å². The summed E-state index contributed by atoms with van der Waals surface area (Å²) < 4.78 is 7.53. The maximum Gasteiger partial charge on any atom is 0.232 e. The first-order valence-corrected chi connectivity index (χ1v) is 5.46. The number of imidazole rings is 1. The summed E-state index contributed by atoms with van der Waals surface area (Å²) in [6, 6.07) is 5.93. The summed E-state index contributed by atoms with van der Waals surface area (Å²) in [6.07, 6.45) is 7.43. The molecule has 0 atom stereocenters. The molecule has 15 heavy (non-hydrogen) atoms. The van der Waals surface area contributed by atoms with Gasteiger partial charge in [0.2, 0.25) is 5.88 Å². The molecule has 2 aromatic heterocycles. The normalized spacial score (nSPS) is 10.7. The molecule has 0 saturated heterocycles. The number of nitrogens with zero attached hydrogens (tertiary/aromatic N) is 2. The van der Waals surface area contributed by atoms with E-state index in [-0.39, 0.29) is 0 Å². The Labute approximate surface area is 89.7 Å². The monoisotopic (exact) mass is 204 g/mol. The van der Waals surface area contributed by atoms with Gasteiger partial charge < -0.3 is 9.14 Å². The van der Waals surface area contributed by atoms with Crippen molar-refractivity contribution in [1.82, 2.24) is 9.38 Å². The van der Waals surface area contributed by atoms with Gasteiger partial charge in [-0.1, -0.05) is 25.8 Å². The van der Waals surface area contributed by atoms with E-state index in [2.05, 4.69) is 11.9 Å². The van der Waals surface area contributed by atoms with Crippen molar-refractivity contribution in [2.75, 3.05) is 6.61 Å². The van der Waals surface area contributed by atoms with Gasteiger partial charge in [-0.05, 0) is 18.6 Å². The Morgan fingerprint density at radius 1 is 1.33 bits per heavy atom. The van der Waals surface area contributed by atoms with Crippen molar-refractivity contribution in [1.29, 1.82) is 0 Å². The van der Waals surface area contributed by atoms with Gasteiger partial charge in [0.25, 0.3) is 0 Å². The molecule has 0 aliphatic rings. The first kappa shape index (κ1) is 10.0. The van der Waals surface area contributed by atoms with Crippen LogP contribution in [-0.4, -0.2) is 16.0 Å². The van der Waals surface area contributed by atoms with E-state index in [1.165, 1.54) is 12.8 Å². The number of hydrogen-bond donors (Lipinski definition) is 0. The van der Waals surface area contributed by atoms with Crippen LogP contribution in [0.15, 0.2) is 30.6 Å².